The van der Waals surface area contributed by atoms with Crippen LogP contribution in [0.1, 0.15) is 49.7 Å². The van der Waals surface area contributed by atoms with Crippen molar-refractivity contribution < 1.29 is 23.8 Å². The molecule has 178 valence electrons. The molecule has 2 aliphatic rings. The Balaban J connectivity index is 1.79. The summed E-state index contributed by atoms with van der Waals surface area (Å²) in [5, 5.41) is 0. The summed E-state index contributed by atoms with van der Waals surface area (Å²) in [4.78, 5) is 31.5. The smallest absolute Gasteiger partial charge is 0.315 e. The highest BCUT2D eigenvalue weighted by atomic mass is 79.9. The number of halogens is 1. The summed E-state index contributed by atoms with van der Waals surface area (Å²) in [6.45, 7) is 3.90. The molecule has 0 N–H and O–H groups in total. The van der Waals surface area contributed by atoms with Crippen molar-refractivity contribution in [3.05, 3.63) is 69.3 Å². The van der Waals surface area contributed by atoms with Crippen LogP contribution in [0.25, 0.3) is 0 Å². The van der Waals surface area contributed by atoms with Crippen LogP contribution in [0.3, 0.4) is 0 Å². The van der Waals surface area contributed by atoms with Crippen molar-refractivity contribution in [1.82, 2.24) is 0 Å². The van der Waals surface area contributed by atoms with E-state index in [1.54, 1.807) is 21.1 Å². The fourth-order valence-corrected chi connectivity index (χ4v) is 5.53. The summed E-state index contributed by atoms with van der Waals surface area (Å²) >= 11 is 3.63. The van der Waals surface area contributed by atoms with Crippen LogP contribution in [-0.2, 0) is 14.3 Å². The maximum absolute atomic E-state index is 13.7. The molecule has 0 radical (unpaired) electrons. The molecule has 0 bridgehead atoms. The number of nitrogens with zero attached hydrogens (tertiary/aromatic N) is 1. The van der Waals surface area contributed by atoms with E-state index in [1.807, 2.05) is 49.4 Å². The molecule has 1 unspecified atom stereocenters. The average Bonchev–Trinajstić information content (AvgIpc) is 2.83. The van der Waals surface area contributed by atoms with Gasteiger partial charge in [-0.3, -0.25) is 14.6 Å². The van der Waals surface area contributed by atoms with Crippen molar-refractivity contribution in [2.45, 2.75) is 38.5 Å². The predicted molar refractivity (Wildman–Crippen MR) is 134 cm³/mol. The first-order valence-electron chi connectivity index (χ1n) is 11.3. The first kappa shape index (κ1) is 24.2. The van der Waals surface area contributed by atoms with Gasteiger partial charge in [-0.15, -0.1) is 0 Å². The minimum absolute atomic E-state index is 0.00679. The number of methoxy groups -OCH3 is 2. The Kier molecular flexibility index (Phi) is 7.22. The number of Topliss-reactive ketones (excluding diaryl/α,β-unsaturated/α-hetero) is 1. The van der Waals surface area contributed by atoms with Gasteiger partial charge in [0.15, 0.2) is 17.3 Å². The molecule has 7 heteroatoms. The minimum Gasteiger partial charge on any atom is -0.493 e. The highest BCUT2D eigenvalue weighted by molar-refractivity contribution is 9.10. The third-order valence-corrected chi connectivity index (χ3v) is 7.27. The molecular weight excluding hydrogens is 498 g/mol. The Morgan fingerprint density at radius 3 is 2.50 bits per heavy atom. The molecule has 1 heterocycles. The molecule has 34 heavy (non-hydrogen) atoms. The van der Waals surface area contributed by atoms with Gasteiger partial charge in [-0.1, -0.05) is 40.2 Å². The maximum atomic E-state index is 13.7. The van der Waals surface area contributed by atoms with Crippen LogP contribution < -0.4 is 9.47 Å². The second-order valence-corrected chi connectivity index (χ2v) is 9.34. The van der Waals surface area contributed by atoms with Gasteiger partial charge in [0.05, 0.1) is 20.8 Å². The zero-order chi connectivity index (χ0) is 24.4. The molecule has 3 atom stereocenters. The number of carbonyl (C=O) groups is 2. The monoisotopic (exact) mass is 525 g/mol. The molecule has 6 nitrogen and oxygen atoms in total. The fourth-order valence-electron chi connectivity index (χ4n) is 5.00. The summed E-state index contributed by atoms with van der Waals surface area (Å²) in [5.41, 5.74) is 3.91. The van der Waals surface area contributed by atoms with Gasteiger partial charge in [0.2, 0.25) is 0 Å². The predicted octanol–water partition coefficient (Wildman–Crippen LogP) is 5.60. The normalized spacial score (nSPS) is 22.1. The number of hydrogen-bond donors (Lipinski definition) is 0. The lowest BCUT2D eigenvalue weighted by molar-refractivity contribution is -0.146. The van der Waals surface area contributed by atoms with E-state index in [-0.39, 0.29) is 24.3 Å². The van der Waals surface area contributed by atoms with Crippen molar-refractivity contribution in [3.63, 3.8) is 0 Å². The van der Waals surface area contributed by atoms with Crippen LogP contribution in [0, 0.1) is 5.92 Å². The van der Waals surface area contributed by atoms with Gasteiger partial charge in [0.25, 0.3) is 0 Å². The van der Waals surface area contributed by atoms with Crippen molar-refractivity contribution in [2.24, 2.45) is 10.9 Å². The third kappa shape index (κ3) is 4.41. The van der Waals surface area contributed by atoms with Crippen molar-refractivity contribution in [3.8, 4) is 11.5 Å². The number of ketones is 1. The number of ether oxygens (including phenoxy) is 3. The van der Waals surface area contributed by atoms with E-state index in [9.17, 15) is 9.59 Å². The molecule has 0 amide bonds. The Morgan fingerprint density at radius 2 is 1.82 bits per heavy atom. The van der Waals surface area contributed by atoms with Crippen molar-refractivity contribution >= 4 is 33.4 Å². The molecule has 0 fully saturated rings. The molecule has 0 saturated carbocycles. The summed E-state index contributed by atoms with van der Waals surface area (Å²) in [6, 6.07) is 13.5. The molecule has 2 aromatic carbocycles. The molecule has 0 aromatic heterocycles. The summed E-state index contributed by atoms with van der Waals surface area (Å²) in [7, 11) is 3.20. The molecule has 0 saturated heterocycles. The van der Waals surface area contributed by atoms with Crippen molar-refractivity contribution in [1.29, 1.82) is 0 Å². The Morgan fingerprint density at radius 1 is 1.09 bits per heavy atom. The molecule has 2 aromatic rings. The fraction of sp³-hybridized carbons (Fsp3) is 0.370. The van der Waals surface area contributed by atoms with Crippen LogP contribution in [0.2, 0.25) is 0 Å². The largest absolute Gasteiger partial charge is 0.493 e. The Labute approximate surface area is 208 Å². The first-order valence-corrected chi connectivity index (χ1v) is 12.1. The van der Waals surface area contributed by atoms with Crippen molar-refractivity contribution in [2.75, 3.05) is 20.8 Å². The van der Waals surface area contributed by atoms with Gasteiger partial charge < -0.3 is 14.2 Å². The van der Waals surface area contributed by atoms with E-state index < -0.39 is 11.8 Å². The summed E-state index contributed by atoms with van der Waals surface area (Å²) in [6.07, 6.45) is 0.934. The molecule has 4 rings (SSSR count). The highest BCUT2D eigenvalue weighted by Gasteiger charge is 2.45. The van der Waals surface area contributed by atoms with E-state index in [0.29, 0.717) is 35.6 Å². The average molecular weight is 526 g/mol. The highest BCUT2D eigenvalue weighted by Crippen LogP contribution is 2.48. The lowest BCUT2D eigenvalue weighted by Gasteiger charge is -2.37. The Bertz CT molecular complexity index is 1190. The lowest BCUT2D eigenvalue weighted by atomic mass is 9.69. The van der Waals surface area contributed by atoms with Gasteiger partial charge in [0, 0.05) is 33.8 Å². The van der Waals surface area contributed by atoms with Crippen LogP contribution in [-0.4, -0.2) is 38.3 Å². The van der Waals surface area contributed by atoms with Crippen LogP contribution >= 0.6 is 15.9 Å². The molecule has 1 aliphatic carbocycles. The van der Waals surface area contributed by atoms with Gasteiger partial charge >= 0.3 is 5.97 Å². The number of carbonyl (C=O) groups excluding carboxylic acids is 2. The quantitative estimate of drug-likeness (QED) is 0.458. The van der Waals surface area contributed by atoms with E-state index >= 15 is 0 Å². The van der Waals surface area contributed by atoms with Crippen LogP contribution in [0.15, 0.2) is 63.2 Å². The van der Waals surface area contributed by atoms with Crippen LogP contribution in [0.5, 0.6) is 11.5 Å². The van der Waals surface area contributed by atoms with E-state index in [0.717, 1.165) is 21.3 Å². The van der Waals surface area contributed by atoms with Gasteiger partial charge in [-0.2, -0.15) is 0 Å². The Hall–Kier alpha value is -2.93. The topological polar surface area (TPSA) is 74.2 Å². The molecule has 0 spiro atoms. The standard InChI is InChI=1S/C27H28BrNO5/c1-5-34-27(31)24-15(2)29-20-12-17(16-10-11-22(32-3)23(14-16)33-4)13-21(30)26(20)25(24)18-8-6-7-9-19(18)28/h6-11,14,17,24-25H,5,12-13H2,1-4H3/t17-,24?,25-/m1/s1. The molecular formula is C27H28BrNO5. The maximum Gasteiger partial charge on any atom is 0.315 e. The number of hydrogen-bond acceptors (Lipinski definition) is 6. The summed E-state index contributed by atoms with van der Waals surface area (Å²) < 4.78 is 17.1. The zero-order valence-corrected chi connectivity index (χ0v) is 21.3. The third-order valence-electron chi connectivity index (χ3n) is 6.55. The van der Waals surface area contributed by atoms with E-state index in [2.05, 4.69) is 15.9 Å². The van der Waals surface area contributed by atoms with Gasteiger partial charge in [-0.25, -0.2) is 0 Å². The number of aliphatic imine (C=N–C) groups is 1. The van der Waals surface area contributed by atoms with E-state index in [1.165, 1.54) is 0 Å². The molecule has 1 aliphatic heterocycles. The minimum atomic E-state index is -0.640. The number of benzene rings is 2. The zero-order valence-electron chi connectivity index (χ0n) is 19.8. The summed E-state index contributed by atoms with van der Waals surface area (Å²) in [5.74, 6) is -0.199. The van der Waals surface area contributed by atoms with Crippen LogP contribution in [0.4, 0.5) is 0 Å². The lowest BCUT2D eigenvalue weighted by Crippen LogP contribution is -2.38. The van der Waals surface area contributed by atoms with Gasteiger partial charge in [0.1, 0.15) is 5.92 Å². The second kappa shape index (κ2) is 10.1. The van der Waals surface area contributed by atoms with Gasteiger partial charge in [-0.05, 0) is 55.5 Å². The number of rotatable bonds is 6. The number of allylic oxidation sites excluding steroid dienone is 2. The second-order valence-electron chi connectivity index (χ2n) is 8.49. The first-order chi connectivity index (χ1) is 16.4. The number of esters is 1. The van der Waals surface area contributed by atoms with E-state index in [4.69, 9.17) is 19.2 Å². The SMILES string of the molecule is CCOC(=O)C1C(C)=NC2=C(C(=O)C[C@H](c3ccc(OC)c(OC)c3)C2)[C@@H]1c1ccccc1Br.